The zero-order valence-corrected chi connectivity index (χ0v) is 62.4. The highest BCUT2D eigenvalue weighted by Gasteiger charge is 2.53. The monoisotopic (exact) mass is 1330 g/mol. The fraction of sp³-hybridized carbons (Fsp3) is 0.212. The number of benzene rings is 13. The first kappa shape index (κ1) is 64.4. The third-order valence-corrected chi connectivity index (χ3v) is 23.4. The van der Waals surface area contributed by atoms with Gasteiger partial charge in [-0.05, 0) is 205 Å². The normalized spacial score (nSPS) is 14.2. The fourth-order valence-corrected chi connectivity index (χ4v) is 18.0. The summed E-state index contributed by atoms with van der Waals surface area (Å²) in [4.78, 5) is 5.38. The molecule has 0 radical (unpaired) electrons. The highest BCUT2D eigenvalue weighted by atomic mass is 15.2. The Morgan fingerprint density at radius 1 is 0.272 bits per heavy atom. The first-order chi connectivity index (χ1) is 49.3. The molecular formula is C99H90BN3. The summed E-state index contributed by atoms with van der Waals surface area (Å²) in [6, 6.07) is 107. The van der Waals surface area contributed by atoms with E-state index in [2.05, 4.69) is 391 Å². The number of rotatable bonds is 6. The molecule has 0 saturated carbocycles. The molecule has 0 N–H and O–H groups in total. The number of fused-ring (bicyclic) bond motifs is 18. The lowest BCUT2D eigenvalue weighted by Crippen LogP contribution is -2.61. The van der Waals surface area contributed by atoms with Crippen LogP contribution in [0, 0.1) is 0 Å². The van der Waals surface area contributed by atoms with Gasteiger partial charge in [-0.2, -0.15) is 0 Å². The Bertz CT molecular complexity index is 5760. The van der Waals surface area contributed by atoms with Gasteiger partial charge < -0.3 is 14.4 Å². The van der Waals surface area contributed by atoms with Crippen molar-refractivity contribution in [2.24, 2.45) is 0 Å². The predicted octanol–water partition coefficient (Wildman–Crippen LogP) is 24.7. The van der Waals surface area contributed by atoms with E-state index in [9.17, 15) is 0 Å². The van der Waals surface area contributed by atoms with Crippen molar-refractivity contribution in [3.63, 3.8) is 0 Å². The average molecular weight is 1330 g/mol. The minimum atomic E-state index is -0.541. The summed E-state index contributed by atoms with van der Waals surface area (Å²) in [5, 5.41) is 2.54. The van der Waals surface area contributed by atoms with E-state index in [1.807, 2.05) is 0 Å². The number of anilines is 6. The Labute approximate surface area is 610 Å². The summed E-state index contributed by atoms with van der Waals surface area (Å²) in [6.45, 7) is 35.0. The lowest BCUT2D eigenvalue weighted by atomic mass is 9.33. The van der Waals surface area contributed by atoms with Crippen molar-refractivity contribution in [2.75, 3.05) is 9.80 Å². The molecule has 3 heterocycles. The molecule has 1 spiro atoms. The van der Waals surface area contributed by atoms with Crippen molar-refractivity contribution in [2.45, 2.75) is 136 Å². The van der Waals surface area contributed by atoms with Gasteiger partial charge in [0.05, 0.1) is 27.8 Å². The zero-order valence-electron chi connectivity index (χ0n) is 62.4. The molecule has 0 amide bonds. The Morgan fingerprint density at radius 3 is 1.24 bits per heavy atom. The van der Waals surface area contributed by atoms with Gasteiger partial charge in [0.15, 0.2) is 0 Å². The van der Waals surface area contributed by atoms with Crippen LogP contribution in [-0.2, 0) is 32.5 Å². The second-order valence-corrected chi connectivity index (χ2v) is 34.9. The second kappa shape index (κ2) is 22.7. The molecule has 103 heavy (non-hydrogen) atoms. The van der Waals surface area contributed by atoms with E-state index < -0.39 is 5.41 Å². The van der Waals surface area contributed by atoms with Crippen molar-refractivity contribution >= 4 is 79.0 Å². The van der Waals surface area contributed by atoms with Gasteiger partial charge in [0.1, 0.15) is 0 Å². The molecule has 14 aromatic rings. The van der Waals surface area contributed by atoms with Gasteiger partial charge in [-0.15, -0.1) is 0 Å². The van der Waals surface area contributed by atoms with E-state index in [1.165, 1.54) is 161 Å². The molecule has 4 aliphatic rings. The van der Waals surface area contributed by atoms with Crippen molar-refractivity contribution in [1.29, 1.82) is 0 Å². The number of para-hydroxylation sites is 1. The molecule has 0 bridgehead atoms. The highest BCUT2D eigenvalue weighted by molar-refractivity contribution is 7.00. The van der Waals surface area contributed by atoms with E-state index >= 15 is 0 Å². The number of aromatic nitrogens is 1. The molecule has 0 unspecified atom stereocenters. The van der Waals surface area contributed by atoms with E-state index in [0.29, 0.717) is 0 Å². The van der Waals surface area contributed by atoms with Crippen molar-refractivity contribution in [3.8, 4) is 61.3 Å². The second-order valence-electron chi connectivity index (χ2n) is 34.9. The Morgan fingerprint density at radius 2 is 0.718 bits per heavy atom. The van der Waals surface area contributed by atoms with Gasteiger partial charge in [0.2, 0.25) is 0 Å². The summed E-state index contributed by atoms with van der Waals surface area (Å²) < 4.78 is 2.61. The lowest BCUT2D eigenvalue weighted by molar-refractivity contribution is 0.589. The van der Waals surface area contributed by atoms with Crippen LogP contribution in [0.5, 0.6) is 0 Å². The predicted molar refractivity (Wildman–Crippen MR) is 441 cm³/mol. The number of nitrogens with zero attached hydrogens (tertiary/aromatic N) is 3. The van der Waals surface area contributed by atoms with Crippen LogP contribution in [0.25, 0.3) is 83.1 Å². The Balaban J connectivity index is 0.960. The maximum Gasteiger partial charge on any atom is 0.252 e. The van der Waals surface area contributed by atoms with Crippen molar-refractivity contribution < 1.29 is 0 Å². The van der Waals surface area contributed by atoms with Gasteiger partial charge in [-0.3, -0.25) is 0 Å². The smallest absolute Gasteiger partial charge is 0.252 e. The van der Waals surface area contributed by atoms with Crippen LogP contribution in [0.15, 0.2) is 273 Å². The molecule has 3 nitrogen and oxygen atoms in total. The van der Waals surface area contributed by atoms with Gasteiger partial charge >= 0.3 is 0 Å². The largest absolute Gasteiger partial charge is 0.311 e. The fourth-order valence-electron chi connectivity index (χ4n) is 18.0. The standard InChI is InChI=1S/C99H90BN3/c1-94(2,3)65-42-37-62(38-43-65)76-56-67(96(7,8)9)46-52-84(76)102-86-51-41-64(61-27-17-16-18-28-61)55-82(86)100-81-50-48-70(60-88(81)103(90-59-69(98(13,14)15)58-89(102)93(90)100)85-53-47-68(97(10,11)12)57-77(85)63-39-44-66(45-40-63)95(4,5)6)101-83-36-26-22-32-75(83)91-87(101)54-49-74-73-31-21-25-35-80(73)99(92(74)91)78-33-23-19-29-71(78)72-30-20-24-34-79(72)99/h16-60H,1-15H3. The van der Waals surface area contributed by atoms with Crippen LogP contribution in [0.4, 0.5) is 34.1 Å². The molecule has 0 atom stereocenters. The third-order valence-electron chi connectivity index (χ3n) is 23.4. The maximum atomic E-state index is 2.71. The molecule has 2 aliphatic carbocycles. The molecule has 0 fully saturated rings. The van der Waals surface area contributed by atoms with Crippen LogP contribution in [0.1, 0.15) is 154 Å². The average Bonchev–Trinajstić information content (AvgIpc) is 1.52. The van der Waals surface area contributed by atoms with E-state index in [0.717, 1.165) is 22.7 Å². The minimum Gasteiger partial charge on any atom is -0.311 e. The summed E-state index contributed by atoms with van der Waals surface area (Å²) in [5.41, 5.74) is 37.6. The highest BCUT2D eigenvalue weighted by Crippen LogP contribution is 2.65. The van der Waals surface area contributed by atoms with Crippen LogP contribution < -0.4 is 26.2 Å². The molecule has 1 aromatic heterocycles. The number of hydrogen-bond acceptors (Lipinski definition) is 2. The van der Waals surface area contributed by atoms with Crippen LogP contribution >= 0.6 is 0 Å². The number of hydrogen-bond donors (Lipinski definition) is 0. The van der Waals surface area contributed by atoms with Gasteiger partial charge in [-0.1, -0.05) is 310 Å². The lowest BCUT2D eigenvalue weighted by Gasteiger charge is -2.46. The summed E-state index contributed by atoms with van der Waals surface area (Å²) in [7, 11) is 0. The van der Waals surface area contributed by atoms with Crippen LogP contribution in [-0.4, -0.2) is 11.3 Å². The quantitative estimate of drug-likeness (QED) is 0.154. The maximum absolute atomic E-state index is 2.71. The molecular weight excluding hydrogens is 1240 g/mol. The van der Waals surface area contributed by atoms with Crippen molar-refractivity contribution in [1.82, 2.24) is 4.57 Å². The van der Waals surface area contributed by atoms with Gasteiger partial charge in [-0.25, -0.2) is 0 Å². The molecule has 13 aromatic carbocycles. The van der Waals surface area contributed by atoms with Crippen LogP contribution in [0.2, 0.25) is 0 Å². The van der Waals surface area contributed by atoms with E-state index in [4.69, 9.17) is 0 Å². The Kier molecular flexibility index (Phi) is 14.2. The van der Waals surface area contributed by atoms with Crippen LogP contribution in [0.3, 0.4) is 0 Å². The first-order valence-corrected chi connectivity index (χ1v) is 37.3. The molecule has 2 aliphatic heterocycles. The van der Waals surface area contributed by atoms with Crippen molar-refractivity contribution in [3.05, 3.63) is 323 Å². The topological polar surface area (TPSA) is 11.4 Å². The zero-order chi connectivity index (χ0) is 71.2. The summed E-state index contributed by atoms with van der Waals surface area (Å²) in [6.07, 6.45) is 0. The summed E-state index contributed by atoms with van der Waals surface area (Å²) >= 11 is 0. The molecule has 18 rings (SSSR count). The Hall–Kier alpha value is -10.7. The van der Waals surface area contributed by atoms with E-state index in [-0.39, 0.29) is 33.8 Å². The summed E-state index contributed by atoms with van der Waals surface area (Å²) in [5.74, 6) is 0. The molecule has 4 heteroatoms. The molecule has 504 valence electrons. The van der Waals surface area contributed by atoms with Gasteiger partial charge in [0, 0.05) is 50.3 Å². The van der Waals surface area contributed by atoms with E-state index in [1.54, 1.807) is 0 Å². The molecule has 0 saturated heterocycles. The van der Waals surface area contributed by atoms with Gasteiger partial charge in [0.25, 0.3) is 6.71 Å². The third kappa shape index (κ3) is 9.83. The first-order valence-electron chi connectivity index (χ1n) is 37.3. The minimum absolute atomic E-state index is 0.000327. The SMILES string of the molecule is CC(C)(C)c1ccc(-c2cc(C(C)(C)C)ccc2N2c3ccc(-c4ccccc4)cc3B3c4ccc(-n5c6ccccc6c6c7c(ccc65)-c5ccccc5C75c6ccccc6-c6ccccc65)cc4N(c4ccc(C(C)(C)C)cc4-c4ccc(C(C)(C)C)cc4)c4cc(C(C)(C)C)cc2c43)cc1.